The van der Waals surface area contributed by atoms with Crippen molar-refractivity contribution in [2.24, 2.45) is 7.05 Å². The number of benzene rings is 1. The van der Waals surface area contributed by atoms with E-state index in [4.69, 9.17) is 28.3 Å². The normalized spacial score (nSPS) is 11.6. The summed E-state index contributed by atoms with van der Waals surface area (Å²) >= 11 is 11.6. The van der Waals surface area contributed by atoms with Crippen molar-refractivity contribution in [3.63, 3.8) is 0 Å². The summed E-state index contributed by atoms with van der Waals surface area (Å²) in [5.74, 6) is 0. The van der Waals surface area contributed by atoms with Crippen LogP contribution in [0.2, 0.25) is 10.0 Å². The molecule has 5 nitrogen and oxygen atoms in total. The standard InChI is InChI=1S/C12H12Cl2N2O3S/c1-16-6-10(5-9(16)7-17)20(18,19)15-8-2-3-11(13)12(14)4-8/h2-6,15,17H,7H2,1H3. The van der Waals surface area contributed by atoms with E-state index in [0.717, 1.165) is 0 Å². The molecule has 0 saturated heterocycles. The van der Waals surface area contributed by atoms with Gasteiger partial charge in [0.25, 0.3) is 10.0 Å². The van der Waals surface area contributed by atoms with Crippen LogP contribution in [0.4, 0.5) is 5.69 Å². The summed E-state index contributed by atoms with van der Waals surface area (Å²) in [4.78, 5) is 0.0649. The van der Waals surface area contributed by atoms with Crippen LogP contribution in [0, 0.1) is 0 Å². The molecular formula is C12H12Cl2N2O3S. The summed E-state index contributed by atoms with van der Waals surface area (Å²) in [6.07, 6.45) is 1.42. The van der Waals surface area contributed by atoms with E-state index < -0.39 is 10.0 Å². The summed E-state index contributed by atoms with van der Waals surface area (Å²) in [6, 6.07) is 5.85. The number of nitrogens with one attached hydrogen (secondary N) is 1. The topological polar surface area (TPSA) is 71.3 Å². The highest BCUT2D eigenvalue weighted by Crippen LogP contribution is 2.26. The number of aliphatic hydroxyl groups excluding tert-OH is 1. The highest BCUT2D eigenvalue weighted by atomic mass is 35.5. The first-order chi connectivity index (χ1) is 9.33. The minimum absolute atomic E-state index is 0.0649. The molecule has 0 aliphatic rings. The molecular weight excluding hydrogens is 323 g/mol. The molecule has 20 heavy (non-hydrogen) atoms. The van der Waals surface area contributed by atoms with E-state index in [1.54, 1.807) is 11.6 Å². The van der Waals surface area contributed by atoms with Gasteiger partial charge in [-0.2, -0.15) is 0 Å². The minimum Gasteiger partial charge on any atom is -0.390 e. The van der Waals surface area contributed by atoms with Gasteiger partial charge in [0.1, 0.15) is 4.90 Å². The zero-order valence-electron chi connectivity index (χ0n) is 10.5. The fraction of sp³-hybridized carbons (Fsp3) is 0.167. The maximum Gasteiger partial charge on any atom is 0.263 e. The Hall–Kier alpha value is -1.21. The van der Waals surface area contributed by atoms with Crippen LogP contribution in [0.1, 0.15) is 5.69 Å². The molecule has 0 aliphatic heterocycles. The highest BCUT2D eigenvalue weighted by molar-refractivity contribution is 7.92. The second-order valence-electron chi connectivity index (χ2n) is 4.17. The van der Waals surface area contributed by atoms with Gasteiger partial charge in [-0.15, -0.1) is 0 Å². The van der Waals surface area contributed by atoms with Crippen molar-refractivity contribution in [3.8, 4) is 0 Å². The molecule has 0 aliphatic carbocycles. The van der Waals surface area contributed by atoms with Crippen LogP contribution < -0.4 is 4.72 Å². The number of aromatic nitrogens is 1. The van der Waals surface area contributed by atoms with Crippen LogP contribution in [0.5, 0.6) is 0 Å². The van der Waals surface area contributed by atoms with Crippen molar-refractivity contribution in [1.29, 1.82) is 0 Å². The third-order valence-electron chi connectivity index (χ3n) is 2.73. The monoisotopic (exact) mass is 334 g/mol. The Kier molecular flexibility index (Phi) is 4.29. The van der Waals surface area contributed by atoms with Crippen molar-refractivity contribution in [3.05, 3.63) is 46.2 Å². The molecule has 0 bridgehead atoms. The van der Waals surface area contributed by atoms with E-state index in [2.05, 4.69) is 4.72 Å². The molecule has 108 valence electrons. The van der Waals surface area contributed by atoms with Crippen LogP contribution in [0.15, 0.2) is 35.4 Å². The number of anilines is 1. The Bertz CT molecular complexity index is 741. The smallest absolute Gasteiger partial charge is 0.263 e. The molecule has 0 spiro atoms. The molecule has 2 aromatic rings. The predicted molar refractivity (Wildman–Crippen MR) is 78.6 cm³/mol. The molecule has 0 amide bonds. The summed E-state index contributed by atoms with van der Waals surface area (Å²) in [5, 5.41) is 9.69. The third-order valence-corrected chi connectivity index (χ3v) is 4.81. The van der Waals surface area contributed by atoms with Gasteiger partial charge in [0.15, 0.2) is 0 Å². The van der Waals surface area contributed by atoms with Crippen LogP contribution in [-0.4, -0.2) is 18.1 Å². The second-order valence-corrected chi connectivity index (χ2v) is 6.67. The number of halogens is 2. The van der Waals surface area contributed by atoms with Gasteiger partial charge in [-0.1, -0.05) is 23.2 Å². The van der Waals surface area contributed by atoms with Crippen molar-refractivity contribution < 1.29 is 13.5 Å². The molecule has 0 saturated carbocycles. The van der Waals surface area contributed by atoms with Gasteiger partial charge >= 0.3 is 0 Å². The third kappa shape index (κ3) is 3.09. The van der Waals surface area contributed by atoms with Gasteiger partial charge in [-0.05, 0) is 24.3 Å². The second kappa shape index (κ2) is 5.65. The quantitative estimate of drug-likeness (QED) is 0.902. The Labute approximate surface area is 126 Å². The largest absolute Gasteiger partial charge is 0.390 e. The Morgan fingerprint density at radius 2 is 1.95 bits per heavy atom. The molecule has 0 radical (unpaired) electrons. The molecule has 0 unspecified atom stereocenters. The maximum absolute atomic E-state index is 12.2. The summed E-state index contributed by atoms with van der Waals surface area (Å²) in [7, 11) is -2.08. The lowest BCUT2D eigenvalue weighted by Gasteiger charge is -2.07. The lowest BCUT2D eigenvalue weighted by Crippen LogP contribution is -2.12. The average Bonchev–Trinajstić information content (AvgIpc) is 2.76. The van der Waals surface area contributed by atoms with Crippen molar-refractivity contribution in [2.45, 2.75) is 11.5 Å². The van der Waals surface area contributed by atoms with E-state index in [1.807, 2.05) is 0 Å². The Morgan fingerprint density at radius 1 is 1.25 bits per heavy atom. The summed E-state index contributed by atoms with van der Waals surface area (Å²) < 4.78 is 28.3. The van der Waals surface area contributed by atoms with E-state index in [0.29, 0.717) is 16.4 Å². The Morgan fingerprint density at radius 3 is 2.50 bits per heavy atom. The van der Waals surface area contributed by atoms with Gasteiger partial charge < -0.3 is 9.67 Å². The van der Waals surface area contributed by atoms with Gasteiger partial charge in [-0.25, -0.2) is 8.42 Å². The number of rotatable bonds is 4. The molecule has 1 aromatic carbocycles. The van der Waals surface area contributed by atoms with Gasteiger partial charge in [-0.3, -0.25) is 4.72 Å². The van der Waals surface area contributed by atoms with Gasteiger partial charge in [0.05, 0.1) is 22.3 Å². The maximum atomic E-state index is 12.2. The first-order valence-electron chi connectivity index (χ1n) is 5.57. The lowest BCUT2D eigenvalue weighted by atomic mass is 10.3. The Balaban J connectivity index is 2.32. The molecule has 1 aromatic heterocycles. The van der Waals surface area contributed by atoms with E-state index in [9.17, 15) is 8.42 Å². The number of aliphatic hydroxyl groups is 1. The number of hydrogen-bond donors (Lipinski definition) is 2. The van der Waals surface area contributed by atoms with Crippen molar-refractivity contribution >= 4 is 38.9 Å². The molecule has 8 heteroatoms. The van der Waals surface area contributed by atoms with Crippen LogP contribution in [0.3, 0.4) is 0 Å². The molecule has 2 rings (SSSR count). The van der Waals surface area contributed by atoms with Crippen LogP contribution in [-0.2, 0) is 23.7 Å². The molecule has 2 N–H and O–H groups in total. The van der Waals surface area contributed by atoms with E-state index >= 15 is 0 Å². The number of nitrogens with zero attached hydrogens (tertiary/aromatic N) is 1. The average molecular weight is 335 g/mol. The number of hydrogen-bond acceptors (Lipinski definition) is 3. The van der Waals surface area contributed by atoms with E-state index in [1.165, 1.54) is 30.5 Å². The fourth-order valence-corrected chi connectivity index (χ4v) is 3.10. The first-order valence-corrected chi connectivity index (χ1v) is 7.81. The molecule has 0 atom stereocenters. The van der Waals surface area contributed by atoms with Crippen molar-refractivity contribution in [1.82, 2.24) is 4.57 Å². The predicted octanol–water partition coefficient (Wildman–Crippen LogP) is 2.63. The van der Waals surface area contributed by atoms with Gasteiger partial charge in [0, 0.05) is 18.9 Å². The summed E-state index contributed by atoms with van der Waals surface area (Å²) in [6.45, 7) is -0.237. The zero-order chi connectivity index (χ0) is 14.9. The zero-order valence-corrected chi connectivity index (χ0v) is 12.8. The summed E-state index contributed by atoms with van der Waals surface area (Å²) in [5.41, 5.74) is 0.813. The number of sulfonamides is 1. The van der Waals surface area contributed by atoms with Gasteiger partial charge in [0.2, 0.25) is 0 Å². The SMILES string of the molecule is Cn1cc(S(=O)(=O)Nc2ccc(Cl)c(Cl)c2)cc1CO. The molecule has 0 fully saturated rings. The van der Waals surface area contributed by atoms with E-state index in [-0.39, 0.29) is 16.5 Å². The lowest BCUT2D eigenvalue weighted by molar-refractivity contribution is 0.272. The number of aryl methyl sites for hydroxylation is 1. The van der Waals surface area contributed by atoms with Crippen LogP contribution in [0.25, 0.3) is 0 Å². The van der Waals surface area contributed by atoms with Crippen molar-refractivity contribution in [2.75, 3.05) is 4.72 Å². The minimum atomic E-state index is -3.74. The highest BCUT2D eigenvalue weighted by Gasteiger charge is 2.17. The fourth-order valence-electron chi connectivity index (χ4n) is 1.65. The van der Waals surface area contributed by atoms with Crippen LogP contribution >= 0.6 is 23.2 Å². The molecule has 1 heterocycles. The first kappa shape index (κ1) is 15.2.